The first-order valence-corrected chi connectivity index (χ1v) is 23.7. The van der Waals surface area contributed by atoms with Gasteiger partial charge in [-0.3, -0.25) is 38.7 Å². The summed E-state index contributed by atoms with van der Waals surface area (Å²) < 4.78 is 70.8. The molecule has 3 amide bonds. The number of nitrogens with one attached hydrogen (secondary N) is 2. The lowest BCUT2D eigenvalue weighted by molar-refractivity contribution is -0.136. The van der Waals surface area contributed by atoms with Gasteiger partial charge < -0.3 is 24.2 Å². The summed E-state index contributed by atoms with van der Waals surface area (Å²) in [6.07, 6.45) is 0.638. The number of imide groups is 1. The van der Waals surface area contributed by atoms with Crippen molar-refractivity contribution in [1.29, 1.82) is 5.26 Å². The predicted octanol–water partition coefficient (Wildman–Crippen LogP) is 3.92. The molecule has 10 rings (SSSR count). The van der Waals surface area contributed by atoms with E-state index in [-0.39, 0.29) is 61.1 Å². The molecule has 5 aliphatic heterocycles. The monoisotopic (exact) mass is 948 g/mol. The first-order chi connectivity index (χ1) is 32.8. The van der Waals surface area contributed by atoms with Crippen molar-refractivity contribution in [2.24, 2.45) is 5.92 Å². The van der Waals surface area contributed by atoms with Crippen LogP contribution in [0.4, 0.5) is 25.8 Å². The molecule has 68 heavy (non-hydrogen) atoms. The maximum Gasteiger partial charge on any atom is 0.301 e. The molecule has 0 spiro atoms. The number of nitriles is 1. The molecule has 1 aromatic heterocycles. The Morgan fingerprint density at radius 1 is 0.897 bits per heavy atom. The third-order valence-corrected chi connectivity index (χ3v) is 14.8. The van der Waals surface area contributed by atoms with Crippen LogP contribution in [-0.4, -0.2) is 128 Å². The molecule has 352 valence electrons. The Labute approximate surface area is 389 Å². The van der Waals surface area contributed by atoms with E-state index in [1.165, 1.54) is 41.1 Å². The average molecular weight is 949 g/mol. The highest BCUT2D eigenvalue weighted by Crippen LogP contribution is 2.40. The van der Waals surface area contributed by atoms with Gasteiger partial charge in [-0.05, 0) is 79.1 Å². The number of halogens is 2. The minimum absolute atomic E-state index is 0.00794. The summed E-state index contributed by atoms with van der Waals surface area (Å²) >= 11 is 0. The van der Waals surface area contributed by atoms with E-state index in [9.17, 15) is 37.2 Å². The van der Waals surface area contributed by atoms with Crippen LogP contribution in [0.1, 0.15) is 40.7 Å². The highest BCUT2D eigenvalue weighted by molar-refractivity contribution is 7.90. The SMILES string of the molecule is COc1cc(N2CC(CN3CCN(c4ccc(-n5cnc6ccc(Oc7c(F)ccc(NS(=O)(=O)N8CC[C@@H](F)C8)c7C#N)cc6c5=O)cc4)CC3)C2)cc2c1C(=O)N([C@@H]1CCC(=O)NC1=O)C2. The molecule has 0 aliphatic carbocycles. The molecule has 0 unspecified atom stereocenters. The zero-order valence-corrected chi connectivity index (χ0v) is 37.7. The summed E-state index contributed by atoms with van der Waals surface area (Å²) in [4.78, 5) is 64.6. The summed E-state index contributed by atoms with van der Waals surface area (Å²) in [7, 11) is -2.71. The number of aromatic nitrogens is 2. The van der Waals surface area contributed by atoms with E-state index in [2.05, 4.69) is 29.7 Å². The van der Waals surface area contributed by atoms with E-state index in [4.69, 9.17) is 9.47 Å². The number of alkyl halides is 1. The van der Waals surface area contributed by atoms with Gasteiger partial charge >= 0.3 is 10.2 Å². The number of benzene rings is 4. The Kier molecular flexibility index (Phi) is 11.7. The number of nitrogens with zero attached hydrogens (tertiary/aromatic N) is 8. The van der Waals surface area contributed by atoms with E-state index in [1.54, 1.807) is 6.07 Å². The first kappa shape index (κ1) is 44.7. The number of methoxy groups -OCH3 is 1. The molecular formula is C47H46F2N10O8S. The van der Waals surface area contributed by atoms with Gasteiger partial charge in [-0.25, -0.2) is 13.8 Å². The normalized spacial score (nSPS) is 20.3. The Hall–Kier alpha value is -7.15. The van der Waals surface area contributed by atoms with E-state index in [1.807, 2.05) is 36.4 Å². The topological polar surface area (TPSA) is 203 Å². The summed E-state index contributed by atoms with van der Waals surface area (Å²) in [6, 6.07) is 19.0. The van der Waals surface area contributed by atoms with E-state index >= 15 is 4.39 Å². The summed E-state index contributed by atoms with van der Waals surface area (Å²) in [6.45, 7) is 5.95. The highest BCUT2D eigenvalue weighted by atomic mass is 32.2. The summed E-state index contributed by atoms with van der Waals surface area (Å²) in [5.41, 5.74) is 3.08. The Balaban J connectivity index is 0.749. The van der Waals surface area contributed by atoms with Crippen molar-refractivity contribution in [3.8, 4) is 29.0 Å². The number of piperazine rings is 1. The van der Waals surface area contributed by atoms with Crippen LogP contribution in [0.2, 0.25) is 0 Å². The van der Waals surface area contributed by atoms with E-state index < -0.39 is 51.0 Å². The van der Waals surface area contributed by atoms with Crippen LogP contribution in [0.15, 0.2) is 77.9 Å². The molecule has 2 atom stereocenters. The molecule has 4 aromatic carbocycles. The molecular weight excluding hydrogens is 903 g/mol. The number of hydrogen-bond acceptors (Lipinski definition) is 13. The fourth-order valence-corrected chi connectivity index (χ4v) is 11.0. The van der Waals surface area contributed by atoms with Crippen molar-refractivity contribution < 1.29 is 41.1 Å². The second kappa shape index (κ2) is 17.8. The van der Waals surface area contributed by atoms with Gasteiger partial charge in [0.25, 0.3) is 11.5 Å². The van der Waals surface area contributed by atoms with Gasteiger partial charge in [0.05, 0.1) is 35.0 Å². The lowest BCUT2D eigenvalue weighted by Gasteiger charge is -2.45. The van der Waals surface area contributed by atoms with Crippen LogP contribution >= 0.6 is 0 Å². The van der Waals surface area contributed by atoms with E-state index in [0.717, 1.165) is 79.2 Å². The van der Waals surface area contributed by atoms with Crippen LogP contribution in [0.25, 0.3) is 16.6 Å². The van der Waals surface area contributed by atoms with Gasteiger partial charge in [0, 0.05) is 95.2 Å². The zero-order chi connectivity index (χ0) is 47.4. The molecule has 4 saturated heterocycles. The Morgan fingerprint density at radius 3 is 2.37 bits per heavy atom. The number of amides is 3. The number of carbonyl (C=O) groups is 3. The van der Waals surface area contributed by atoms with Crippen LogP contribution in [-0.2, 0) is 26.3 Å². The van der Waals surface area contributed by atoms with Crippen molar-refractivity contribution in [1.82, 2.24) is 29.0 Å². The van der Waals surface area contributed by atoms with Gasteiger partial charge in [-0.1, -0.05) is 0 Å². The van der Waals surface area contributed by atoms with Gasteiger partial charge in [-0.2, -0.15) is 18.0 Å². The molecule has 21 heteroatoms. The van der Waals surface area contributed by atoms with Crippen molar-refractivity contribution in [2.45, 2.75) is 38.0 Å². The second-order valence-corrected chi connectivity index (χ2v) is 19.3. The smallest absolute Gasteiger partial charge is 0.301 e. The summed E-state index contributed by atoms with van der Waals surface area (Å²) in [5, 5.41) is 12.5. The quantitative estimate of drug-likeness (QED) is 0.171. The van der Waals surface area contributed by atoms with E-state index in [0.29, 0.717) is 34.9 Å². The third kappa shape index (κ3) is 8.43. The lowest BCUT2D eigenvalue weighted by atomic mass is 9.96. The van der Waals surface area contributed by atoms with Crippen molar-refractivity contribution in [3.63, 3.8) is 0 Å². The van der Waals surface area contributed by atoms with Crippen LogP contribution < -0.4 is 34.9 Å². The van der Waals surface area contributed by atoms with Crippen molar-refractivity contribution in [2.75, 3.05) is 80.5 Å². The standard InChI is InChI=1S/C47H46F2N10O8S/c1-66-41-19-33(18-29-25-58(47(63)43(29)41)40-10-11-42(60)52-45(40)61)56-23-28(24-56)22-54-14-16-55(17-15-54)31-2-4-32(5-3-31)59-27-51-38-8-6-34(20-35(38)46(59)62)67-44-36(21-50)39(9-7-37(44)49)53-68(64,65)57-13-12-30(48)26-57/h2-9,18-20,27-28,30,40,53H,10-17,22-26H2,1H3,(H,52,60,61)/t30-,40-/m1/s1. The number of piperidine rings is 1. The van der Waals surface area contributed by atoms with Crippen LogP contribution in [0.5, 0.6) is 17.2 Å². The molecule has 5 aromatic rings. The predicted molar refractivity (Wildman–Crippen MR) is 246 cm³/mol. The number of carbonyl (C=O) groups excluding carboxylic acids is 3. The number of fused-ring (bicyclic) bond motifs is 2. The molecule has 6 heterocycles. The molecule has 0 radical (unpaired) electrons. The van der Waals surface area contributed by atoms with Crippen LogP contribution in [0.3, 0.4) is 0 Å². The third-order valence-electron chi connectivity index (χ3n) is 13.3. The average Bonchev–Trinajstić information content (AvgIpc) is 3.91. The molecule has 18 nitrogen and oxygen atoms in total. The molecule has 5 aliphatic rings. The van der Waals surface area contributed by atoms with Crippen molar-refractivity contribution >= 4 is 55.9 Å². The number of anilines is 3. The Bertz CT molecular complexity index is 3080. The Morgan fingerprint density at radius 2 is 1.66 bits per heavy atom. The highest BCUT2D eigenvalue weighted by Gasteiger charge is 2.42. The molecule has 0 saturated carbocycles. The van der Waals surface area contributed by atoms with Gasteiger partial charge in [0.1, 0.15) is 41.7 Å². The number of rotatable bonds is 12. The maximum atomic E-state index is 15.2. The van der Waals surface area contributed by atoms with Crippen LogP contribution in [0, 0.1) is 23.1 Å². The fraction of sp³-hybridized carbons (Fsp3) is 0.362. The number of hydrogen-bond donors (Lipinski definition) is 2. The largest absolute Gasteiger partial charge is 0.496 e. The molecule has 0 bridgehead atoms. The minimum Gasteiger partial charge on any atom is -0.496 e. The lowest BCUT2D eigenvalue weighted by Crippen LogP contribution is -2.55. The molecule has 2 N–H and O–H groups in total. The van der Waals surface area contributed by atoms with Gasteiger partial charge in [-0.15, -0.1) is 0 Å². The zero-order valence-electron chi connectivity index (χ0n) is 36.9. The molecule has 4 fully saturated rings. The van der Waals surface area contributed by atoms with Gasteiger partial charge in [0.15, 0.2) is 11.6 Å². The first-order valence-electron chi connectivity index (χ1n) is 22.3. The second-order valence-electron chi connectivity index (χ2n) is 17.6. The minimum atomic E-state index is -4.25. The van der Waals surface area contributed by atoms with Crippen molar-refractivity contribution in [3.05, 3.63) is 106 Å². The van der Waals surface area contributed by atoms with Gasteiger partial charge in [0.2, 0.25) is 11.8 Å². The summed E-state index contributed by atoms with van der Waals surface area (Å²) in [5.74, 6) is -1.58. The number of ether oxygens (including phenoxy) is 2. The fourth-order valence-electron chi connectivity index (χ4n) is 9.70. The maximum absolute atomic E-state index is 15.2.